The van der Waals surface area contributed by atoms with Crippen LogP contribution in [0.2, 0.25) is 0 Å². The van der Waals surface area contributed by atoms with Crippen molar-refractivity contribution < 1.29 is 18.4 Å². The summed E-state index contributed by atoms with van der Waals surface area (Å²) in [6, 6.07) is 7.19. The van der Waals surface area contributed by atoms with Crippen LogP contribution in [0.1, 0.15) is 17.4 Å². The fraction of sp³-hybridized carbons (Fsp3) is 0.375. The van der Waals surface area contributed by atoms with Crippen molar-refractivity contribution in [3.05, 3.63) is 47.5 Å². The maximum absolute atomic E-state index is 14.2. The minimum Gasteiger partial charge on any atom is -0.379 e. The first kappa shape index (κ1) is 15.6. The Hall–Kier alpha value is -2.25. The van der Waals surface area contributed by atoms with E-state index in [1.807, 2.05) is 4.90 Å². The number of halogens is 1. The van der Waals surface area contributed by atoms with Crippen molar-refractivity contribution in [3.8, 4) is 0 Å². The van der Waals surface area contributed by atoms with Crippen molar-refractivity contribution in [2.24, 2.45) is 0 Å². The Labute approximate surface area is 133 Å². The Kier molecular flexibility index (Phi) is 4.68. The third-order valence-corrected chi connectivity index (χ3v) is 3.74. The first-order valence-electron chi connectivity index (χ1n) is 7.45. The Morgan fingerprint density at radius 1 is 1.35 bits per heavy atom. The summed E-state index contributed by atoms with van der Waals surface area (Å²) in [5.41, 5.74) is 0.340. The molecule has 0 radical (unpaired) electrons. The average Bonchev–Trinajstić information content (AvgIpc) is 2.95. The number of hydrogen-bond acceptors (Lipinski definition) is 5. The van der Waals surface area contributed by atoms with E-state index in [0.29, 0.717) is 43.4 Å². The van der Waals surface area contributed by atoms with Gasteiger partial charge in [0.1, 0.15) is 17.6 Å². The van der Waals surface area contributed by atoms with Gasteiger partial charge in [-0.1, -0.05) is 23.4 Å². The molecule has 1 aromatic heterocycles. The average molecular weight is 319 g/mol. The van der Waals surface area contributed by atoms with E-state index in [1.165, 1.54) is 6.07 Å². The smallest absolute Gasteiger partial charge is 0.247 e. The Balaban J connectivity index is 1.87. The summed E-state index contributed by atoms with van der Waals surface area (Å²) < 4.78 is 24.5. The number of morpholine rings is 1. The largest absolute Gasteiger partial charge is 0.379 e. The lowest BCUT2D eigenvalue weighted by atomic mass is 10.0. The Bertz CT molecular complexity index is 683. The van der Waals surface area contributed by atoms with Crippen molar-refractivity contribution in [2.75, 3.05) is 31.6 Å². The lowest BCUT2D eigenvalue weighted by Crippen LogP contribution is -2.44. The number of nitrogens with zero attached hydrogens (tertiary/aromatic N) is 2. The molecule has 1 unspecified atom stereocenters. The van der Waals surface area contributed by atoms with Crippen LogP contribution in [-0.4, -0.2) is 42.3 Å². The zero-order chi connectivity index (χ0) is 16.2. The maximum Gasteiger partial charge on any atom is 0.247 e. The van der Waals surface area contributed by atoms with Crippen molar-refractivity contribution >= 4 is 11.7 Å². The highest BCUT2D eigenvalue weighted by Crippen LogP contribution is 2.26. The van der Waals surface area contributed by atoms with E-state index < -0.39 is 11.9 Å². The summed E-state index contributed by atoms with van der Waals surface area (Å²) in [6.45, 7) is 3.89. The summed E-state index contributed by atoms with van der Waals surface area (Å²) in [6.07, 6.45) is 0. The van der Waals surface area contributed by atoms with Gasteiger partial charge in [0.2, 0.25) is 5.91 Å². The second kappa shape index (κ2) is 6.89. The van der Waals surface area contributed by atoms with Gasteiger partial charge in [0, 0.05) is 24.7 Å². The molecule has 1 amide bonds. The molecular weight excluding hydrogens is 301 g/mol. The molecule has 0 bridgehead atoms. The molecule has 0 saturated carbocycles. The van der Waals surface area contributed by atoms with Crippen molar-refractivity contribution in [1.29, 1.82) is 0 Å². The maximum atomic E-state index is 14.2. The van der Waals surface area contributed by atoms with Crippen LogP contribution in [0, 0.1) is 12.7 Å². The minimum absolute atomic E-state index is 0.321. The summed E-state index contributed by atoms with van der Waals surface area (Å²) in [5, 5.41) is 6.45. The number of ether oxygens (including phenoxy) is 1. The number of nitrogens with one attached hydrogen (secondary N) is 1. The molecule has 23 heavy (non-hydrogen) atoms. The number of carbonyl (C=O) groups is 1. The lowest BCUT2D eigenvalue weighted by molar-refractivity contribution is -0.123. The van der Waals surface area contributed by atoms with Crippen LogP contribution in [0.3, 0.4) is 0 Å². The second-order valence-corrected chi connectivity index (χ2v) is 5.38. The predicted molar refractivity (Wildman–Crippen MR) is 81.4 cm³/mol. The quantitative estimate of drug-likeness (QED) is 0.935. The molecule has 1 aliphatic rings. The first-order valence-corrected chi connectivity index (χ1v) is 7.45. The molecule has 0 spiro atoms. The van der Waals surface area contributed by atoms with Gasteiger partial charge in [-0.3, -0.25) is 9.69 Å². The minimum atomic E-state index is -0.739. The van der Waals surface area contributed by atoms with E-state index in [-0.39, 0.29) is 5.91 Å². The number of rotatable bonds is 4. The van der Waals surface area contributed by atoms with E-state index in [1.54, 1.807) is 31.2 Å². The predicted octanol–water partition coefficient (Wildman–Crippen LogP) is 2.13. The molecule has 1 saturated heterocycles. The molecule has 2 heterocycles. The topological polar surface area (TPSA) is 67.6 Å². The molecule has 0 aliphatic carbocycles. The zero-order valence-corrected chi connectivity index (χ0v) is 12.8. The molecule has 2 aromatic rings. The fourth-order valence-corrected chi connectivity index (χ4v) is 2.66. The van der Waals surface area contributed by atoms with E-state index in [4.69, 9.17) is 9.26 Å². The standard InChI is InChI=1S/C16H18FN3O3/c1-11-10-14(19-23-11)18-16(21)15(20-6-8-22-9-7-20)12-4-2-3-5-13(12)17/h2-5,10,15H,6-9H2,1H3,(H,18,19,21). The van der Waals surface area contributed by atoms with Crippen LogP contribution in [0.25, 0.3) is 0 Å². The van der Waals surface area contributed by atoms with Crippen LogP contribution in [0.4, 0.5) is 10.2 Å². The Morgan fingerprint density at radius 2 is 2.09 bits per heavy atom. The van der Waals surface area contributed by atoms with Gasteiger partial charge in [-0.15, -0.1) is 0 Å². The monoisotopic (exact) mass is 319 g/mol. The number of amides is 1. The second-order valence-electron chi connectivity index (χ2n) is 5.38. The number of benzene rings is 1. The normalized spacial score (nSPS) is 17.0. The molecule has 3 rings (SSSR count). The third-order valence-electron chi connectivity index (χ3n) is 3.74. The van der Waals surface area contributed by atoms with E-state index in [2.05, 4.69) is 10.5 Å². The van der Waals surface area contributed by atoms with Crippen molar-refractivity contribution in [2.45, 2.75) is 13.0 Å². The molecular formula is C16H18FN3O3. The first-order chi connectivity index (χ1) is 11.1. The van der Waals surface area contributed by atoms with Gasteiger partial charge in [0.15, 0.2) is 5.82 Å². The van der Waals surface area contributed by atoms with Crippen LogP contribution < -0.4 is 5.32 Å². The number of anilines is 1. The summed E-state index contributed by atoms with van der Waals surface area (Å²) in [4.78, 5) is 14.6. The van der Waals surface area contributed by atoms with E-state index >= 15 is 0 Å². The summed E-state index contributed by atoms with van der Waals surface area (Å²) in [7, 11) is 0. The number of carbonyl (C=O) groups excluding carboxylic acids is 1. The van der Waals surface area contributed by atoms with Crippen LogP contribution in [0.15, 0.2) is 34.9 Å². The van der Waals surface area contributed by atoms with Crippen LogP contribution in [0.5, 0.6) is 0 Å². The molecule has 1 aromatic carbocycles. The summed E-state index contributed by atoms with van der Waals surface area (Å²) in [5.74, 6) is 0.164. The van der Waals surface area contributed by atoms with Gasteiger partial charge in [-0.25, -0.2) is 4.39 Å². The number of aryl methyl sites for hydroxylation is 1. The lowest BCUT2D eigenvalue weighted by Gasteiger charge is -2.33. The van der Waals surface area contributed by atoms with Gasteiger partial charge in [-0.2, -0.15) is 0 Å². The molecule has 1 atom stereocenters. The van der Waals surface area contributed by atoms with Gasteiger partial charge in [0.25, 0.3) is 0 Å². The fourth-order valence-electron chi connectivity index (χ4n) is 2.66. The highest BCUT2D eigenvalue weighted by molar-refractivity contribution is 5.94. The molecule has 1 aliphatic heterocycles. The molecule has 6 nitrogen and oxygen atoms in total. The van der Waals surface area contributed by atoms with Crippen molar-refractivity contribution in [1.82, 2.24) is 10.1 Å². The van der Waals surface area contributed by atoms with Gasteiger partial charge in [-0.05, 0) is 13.0 Å². The summed E-state index contributed by atoms with van der Waals surface area (Å²) >= 11 is 0. The SMILES string of the molecule is Cc1cc(NC(=O)C(c2ccccc2F)N2CCOCC2)no1. The molecule has 1 N–H and O–H groups in total. The molecule has 122 valence electrons. The highest BCUT2D eigenvalue weighted by atomic mass is 19.1. The highest BCUT2D eigenvalue weighted by Gasteiger charge is 2.31. The van der Waals surface area contributed by atoms with E-state index in [9.17, 15) is 9.18 Å². The van der Waals surface area contributed by atoms with Crippen LogP contribution in [-0.2, 0) is 9.53 Å². The number of hydrogen-bond donors (Lipinski definition) is 1. The van der Waals surface area contributed by atoms with Gasteiger partial charge >= 0.3 is 0 Å². The molecule has 1 fully saturated rings. The third kappa shape index (κ3) is 3.57. The Morgan fingerprint density at radius 3 is 2.74 bits per heavy atom. The van der Waals surface area contributed by atoms with Crippen molar-refractivity contribution in [3.63, 3.8) is 0 Å². The molecule has 7 heteroatoms. The van der Waals surface area contributed by atoms with Gasteiger partial charge < -0.3 is 14.6 Å². The van der Waals surface area contributed by atoms with Gasteiger partial charge in [0.05, 0.1) is 13.2 Å². The zero-order valence-electron chi connectivity index (χ0n) is 12.8. The van der Waals surface area contributed by atoms with E-state index in [0.717, 1.165) is 0 Å². The number of aromatic nitrogens is 1. The van der Waals surface area contributed by atoms with Crippen LogP contribution >= 0.6 is 0 Å².